The molecule has 0 aliphatic carbocycles. The Hall–Kier alpha value is -2.03. The van der Waals surface area contributed by atoms with Crippen LogP contribution in [0.4, 0.5) is 0 Å². The van der Waals surface area contributed by atoms with Crippen LogP contribution >= 0.6 is 17.5 Å². The predicted molar refractivity (Wildman–Crippen MR) is 207 cm³/mol. The van der Waals surface area contributed by atoms with Gasteiger partial charge in [-0.3, -0.25) is 0 Å². The van der Waals surface area contributed by atoms with Crippen LogP contribution in [0.15, 0.2) is 94.3 Å². The predicted octanol–water partition coefficient (Wildman–Crippen LogP) is 12.7. The molecule has 7 heteroatoms. The quantitative estimate of drug-likeness (QED) is 0.165. The molecule has 7 aromatic rings. The van der Waals surface area contributed by atoms with Crippen molar-refractivity contribution in [3.63, 3.8) is 0 Å². The molecule has 250 valence electrons. The van der Waals surface area contributed by atoms with Gasteiger partial charge in [0.05, 0.1) is 0 Å². The molecule has 1 heterocycles. The average Bonchev–Trinajstić information content (AvgIpc) is 3.23. The molecule has 0 radical (unpaired) electrons. The fourth-order valence-corrected chi connectivity index (χ4v) is 8.40. The minimum Gasteiger partial charge on any atom is -0.390 e. The minimum atomic E-state index is -1.89. The second-order valence-corrected chi connectivity index (χ2v) is 14.1. The maximum atomic E-state index is 6.91. The van der Waals surface area contributed by atoms with E-state index in [0.29, 0.717) is 0 Å². The topological polar surface area (TPSA) is 35.5 Å². The van der Waals surface area contributed by atoms with Crippen LogP contribution in [0, 0.1) is 117 Å². The van der Waals surface area contributed by atoms with Gasteiger partial charge in [-0.15, -0.1) is 9.24 Å². The summed E-state index contributed by atoms with van der Waals surface area (Å²) in [6.07, 6.45) is 3.75. The number of hydrogen-bond donors (Lipinski definition) is 0. The summed E-state index contributed by atoms with van der Waals surface area (Å²) in [7, 11) is 1.06. The van der Waals surface area contributed by atoms with Crippen LogP contribution in [-0.4, -0.2) is 0 Å². The Morgan fingerprint density at radius 2 is 1.06 bits per heavy atom. The molecule has 0 saturated heterocycles. The van der Waals surface area contributed by atoms with Crippen molar-refractivity contribution in [1.29, 1.82) is 0 Å². The van der Waals surface area contributed by atoms with E-state index in [9.17, 15) is 0 Å². The van der Waals surface area contributed by atoms with Gasteiger partial charge in [0.1, 0.15) is 16.9 Å². The first-order valence-electron chi connectivity index (χ1n) is 15.8. The van der Waals surface area contributed by atoms with E-state index >= 15 is 0 Å². The van der Waals surface area contributed by atoms with Crippen LogP contribution < -0.4 is 9.83 Å². The summed E-state index contributed by atoms with van der Waals surface area (Å²) in [5.74, 6) is 0.754. The second kappa shape index (κ2) is 15.3. The second-order valence-electron chi connectivity index (χ2n) is 12.5. The molecule has 1 unspecified atom stereocenters. The first-order valence-corrected chi connectivity index (χ1v) is 17.5. The number of rotatable bonds is 5. The number of fused-ring (bicyclic) bond motifs is 7. The van der Waals surface area contributed by atoms with Crippen LogP contribution in [0.3, 0.4) is 0 Å². The van der Waals surface area contributed by atoms with E-state index in [2.05, 4.69) is 125 Å². The summed E-state index contributed by atoms with van der Waals surface area (Å²) < 4.78 is 20.5. The Morgan fingerprint density at radius 3 is 1.55 bits per heavy atom. The maximum Gasteiger partial charge on any atom is 0.453 e. The third-order valence-corrected chi connectivity index (χ3v) is 11.3. The van der Waals surface area contributed by atoms with E-state index in [0.717, 1.165) is 76.8 Å². The zero-order valence-electron chi connectivity index (χ0n) is 28.5. The fraction of sp³-hybridized carbons (Fsp3) is 0.143. The fourth-order valence-electron chi connectivity index (χ4n) is 6.75. The average molecular weight is 733 g/mol. The Labute approximate surface area is 351 Å². The summed E-state index contributed by atoms with van der Waals surface area (Å²) in [4.78, 5) is 0. The van der Waals surface area contributed by atoms with Gasteiger partial charge in [0.15, 0.2) is 0 Å². The van der Waals surface area contributed by atoms with Crippen molar-refractivity contribution in [1.82, 2.24) is 0 Å². The van der Waals surface area contributed by atoms with Crippen LogP contribution in [0.2, 0.25) is 0 Å². The van der Waals surface area contributed by atoms with Crippen molar-refractivity contribution >= 4 is 78.4 Å². The van der Waals surface area contributed by atoms with Crippen molar-refractivity contribution in [3.05, 3.63) is 130 Å². The molecule has 0 N–H and O–H groups in total. The SMILES string of the molecule is C=Cc1ccc2c(ccc3op(Oc4cc(C)c(C)c(C)c4-c4c(P)cc(C)c(C)c4C)oc4ccc5cc(C=C)ccc5c4c32)c1.[Ar].[Ar]. The standard InChI is InChI=1S/C42H38O3P2.2Ar/c1-9-29-11-15-33-31(21-29)13-17-35-41(33)42-34-16-12-30(10-2)22-32(34)14-18-36(42)44-47(43-35)45-37-19-23(3)25(5)27(7)39(37)40-28(8)26(6)24(4)20-38(40)46;;/h9-22H,1-2,46H2,3-8H3;;. The van der Waals surface area contributed by atoms with Gasteiger partial charge in [0, 0.05) is 91.8 Å². The van der Waals surface area contributed by atoms with Crippen molar-refractivity contribution in [2.45, 2.75) is 41.5 Å². The summed E-state index contributed by atoms with van der Waals surface area (Å²) in [6, 6.07) is 25.5. The van der Waals surface area contributed by atoms with E-state index < -0.39 is 8.24 Å². The molecule has 6 aromatic carbocycles. The van der Waals surface area contributed by atoms with E-state index in [1.165, 1.54) is 33.4 Å². The van der Waals surface area contributed by atoms with E-state index in [1.54, 1.807) is 0 Å². The third-order valence-electron chi connectivity index (χ3n) is 9.81. The van der Waals surface area contributed by atoms with E-state index in [4.69, 9.17) is 12.9 Å². The van der Waals surface area contributed by atoms with Crippen molar-refractivity contribution in [3.8, 4) is 16.9 Å². The van der Waals surface area contributed by atoms with Crippen LogP contribution in [0.5, 0.6) is 5.75 Å². The first kappa shape index (κ1) is 38.2. The van der Waals surface area contributed by atoms with Gasteiger partial charge in [0.2, 0.25) is 0 Å². The largest absolute Gasteiger partial charge is 0.453 e. The summed E-state index contributed by atoms with van der Waals surface area (Å²) in [5.41, 5.74) is 13.2. The van der Waals surface area contributed by atoms with Crippen molar-refractivity contribution < 1.29 is 88.4 Å². The van der Waals surface area contributed by atoms with Crippen LogP contribution in [0.25, 0.3) is 66.8 Å². The zero-order chi connectivity index (χ0) is 33.1. The van der Waals surface area contributed by atoms with Gasteiger partial charge in [-0.1, -0.05) is 67.8 Å². The third kappa shape index (κ3) is 6.84. The van der Waals surface area contributed by atoms with E-state index in [-0.39, 0.29) is 75.5 Å². The normalized spacial score (nSPS) is 11.0. The molecule has 0 aliphatic heterocycles. The van der Waals surface area contributed by atoms with Gasteiger partial charge in [0.25, 0.3) is 0 Å². The smallest absolute Gasteiger partial charge is 0.390 e. The number of aryl methyl sites for hydroxylation is 2. The first-order chi connectivity index (χ1) is 22.6. The Kier molecular flexibility index (Phi) is 11.9. The summed E-state index contributed by atoms with van der Waals surface area (Å²) in [5, 5.41) is 7.50. The molecule has 1 aromatic heterocycles. The zero-order valence-corrected chi connectivity index (χ0v) is 31.9. The van der Waals surface area contributed by atoms with Crippen LogP contribution in [0.1, 0.15) is 44.5 Å². The van der Waals surface area contributed by atoms with Gasteiger partial charge < -0.3 is 12.9 Å². The molecular formula is C42H38Ar2O3P2. The molecule has 0 aliphatic rings. The van der Waals surface area contributed by atoms with Crippen molar-refractivity contribution in [2.75, 3.05) is 0 Å². The molecule has 7 rings (SSSR count). The van der Waals surface area contributed by atoms with Gasteiger partial charge in [-0.25, -0.2) is 0 Å². The maximum absolute atomic E-state index is 6.91. The Bertz CT molecular complexity index is 2400. The number of hydrogen-bond acceptors (Lipinski definition) is 3. The summed E-state index contributed by atoms with van der Waals surface area (Å²) >= 11 is 0. The number of benzene rings is 6. The molecule has 0 amide bonds. The van der Waals surface area contributed by atoms with E-state index in [1.807, 2.05) is 24.3 Å². The molecule has 49 heavy (non-hydrogen) atoms. The Balaban J connectivity index is 0.00000234. The van der Waals surface area contributed by atoms with Crippen LogP contribution in [-0.2, 0) is 0 Å². The minimum absolute atomic E-state index is 0. The molecule has 1 atom stereocenters. The van der Waals surface area contributed by atoms with Gasteiger partial charge in [-0.2, -0.15) is 0 Å². The van der Waals surface area contributed by atoms with Crippen molar-refractivity contribution in [2.24, 2.45) is 0 Å². The molecule has 0 fully saturated rings. The molecule has 0 saturated carbocycles. The molecule has 0 spiro atoms. The van der Waals surface area contributed by atoms with Gasteiger partial charge in [-0.05, 0) is 149 Å². The summed E-state index contributed by atoms with van der Waals surface area (Å²) in [6.45, 7) is 21.0. The van der Waals surface area contributed by atoms with Gasteiger partial charge >= 0.3 is 8.24 Å². The monoisotopic (exact) mass is 732 g/mol. The Morgan fingerprint density at radius 1 is 0.592 bits per heavy atom. The molecule has 3 nitrogen and oxygen atoms in total. The molecular weight excluding hydrogens is 694 g/mol. The molecule has 0 bridgehead atoms.